The summed E-state index contributed by atoms with van der Waals surface area (Å²) in [5.41, 5.74) is 1.40. The number of rotatable bonds is 4. The van der Waals surface area contributed by atoms with Crippen molar-refractivity contribution in [3.63, 3.8) is 0 Å². The van der Waals surface area contributed by atoms with Gasteiger partial charge in [0.25, 0.3) is 5.91 Å². The van der Waals surface area contributed by atoms with Gasteiger partial charge < -0.3 is 16.0 Å². The van der Waals surface area contributed by atoms with Crippen LogP contribution in [0.25, 0.3) is 0 Å². The second-order valence-corrected chi connectivity index (χ2v) is 7.15. The van der Waals surface area contributed by atoms with E-state index in [2.05, 4.69) is 16.0 Å². The first-order chi connectivity index (χ1) is 11.2. The molecule has 2 amide bonds. The molecule has 5 nitrogen and oxygen atoms in total. The molecule has 1 unspecified atom stereocenters. The number of amides is 2. The van der Waals surface area contributed by atoms with Gasteiger partial charge in [-0.3, -0.25) is 9.59 Å². The molecule has 3 aliphatic rings. The predicted octanol–water partition coefficient (Wildman–Crippen LogP) is 2.33. The van der Waals surface area contributed by atoms with Crippen LogP contribution >= 0.6 is 12.4 Å². The van der Waals surface area contributed by atoms with Crippen LogP contribution in [-0.2, 0) is 4.79 Å². The fourth-order valence-electron chi connectivity index (χ4n) is 3.70. The van der Waals surface area contributed by atoms with Crippen molar-refractivity contribution in [1.29, 1.82) is 0 Å². The molecule has 1 saturated heterocycles. The largest absolute Gasteiger partial charge is 0.349 e. The van der Waals surface area contributed by atoms with Crippen molar-refractivity contribution >= 4 is 29.9 Å². The van der Waals surface area contributed by atoms with E-state index in [1.165, 1.54) is 0 Å². The van der Waals surface area contributed by atoms with E-state index in [0.29, 0.717) is 17.3 Å². The highest BCUT2D eigenvalue weighted by molar-refractivity contribution is 6.05. The van der Waals surface area contributed by atoms with E-state index in [0.717, 1.165) is 45.2 Å². The van der Waals surface area contributed by atoms with Gasteiger partial charge in [-0.2, -0.15) is 0 Å². The zero-order chi connectivity index (χ0) is 15.9. The molecule has 6 heteroatoms. The van der Waals surface area contributed by atoms with Gasteiger partial charge >= 0.3 is 0 Å². The first kappa shape index (κ1) is 17.2. The Kier molecular flexibility index (Phi) is 4.83. The molecule has 0 bridgehead atoms. The highest BCUT2D eigenvalue weighted by Gasteiger charge is 2.57. The minimum Gasteiger partial charge on any atom is -0.349 e. The molecule has 1 aromatic carbocycles. The lowest BCUT2D eigenvalue weighted by Gasteiger charge is -2.23. The SMILES string of the molecule is Cl.O=C(NC1CC1)c1ccccc1NC(=O)C1CC12CCNCC2. The lowest BCUT2D eigenvalue weighted by molar-refractivity contribution is -0.118. The summed E-state index contributed by atoms with van der Waals surface area (Å²) in [5, 5.41) is 9.34. The molecule has 1 aliphatic heterocycles. The minimum atomic E-state index is -0.0872. The molecule has 3 N–H and O–H groups in total. The van der Waals surface area contributed by atoms with Gasteiger partial charge in [-0.1, -0.05) is 12.1 Å². The van der Waals surface area contributed by atoms with Gasteiger partial charge in [-0.15, -0.1) is 12.4 Å². The molecular formula is C18H24ClN3O2. The molecule has 4 rings (SSSR count). The van der Waals surface area contributed by atoms with Crippen molar-refractivity contribution in [2.45, 2.75) is 38.1 Å². The lowest BCUT2D eigenvalue weighted by atomic mass is 9.91. The van der Waals surface area contributed by atoms with Crippen molar-refractivity contribution in [1.82, 2.24) is 10.6 Å². The molecule has 24 heavy (non-hydrogen) atoms. The minimum absolute atomic E-state index is 0. The Hall–Kier alpha value is -1.59. The van der Waals surface area contributed by atoms with Gasteiger partial charge in [0.15, 0.2) is 0 Å². The monoisotopic (exact) mass is 349 g/mol. The van der Waals surface area contributed by atoms with Crippen LogP contribution in [0.4, 0.5) is 5.69 Å². The van der Waals surface area contributed by atoms with Gasteiger partial charge in [-0.05, 0) is 62.7 Å². The Labute approximate surface area is 148 Å². The number of halogens is 1. The summed E-state index contributed by atoms with van der Waals surface area (Å²) in [6, 6.07) is 7.60. The average Bonchev–Trinajstić information content (AvgIpc) is 3.47. The van der Waals surface area contributed by atoms with E-state index in [-0.39, 0.29) is 35.6 Å². The number of anilines is 1. The van der Waals surface area contributed by atoms with Gasteiger partial charge in [0.2, 0.25) is 5.91 Å². The highest BCUT2D eigenvalue weighted by Crippen LogP contribution is 2.58. The first-order valence-electron chi connectivity index (χ1n) is 8.59. The summed E-state index contributed by atoms with van der Waals surface area (Å²) in [4.78, 5) is 24.9. The van der Waals surface area contributed by atoms with Gasteiger partial charge in [0.1, 0.15) is 0 Å². The van der Waals surface area contributed by atoms with Crippen molar-refractivity contribution in [2.75, 3.05) is 18.4 Å². The third-order valence-corrected chi connectivity index (χ3v) is 5.45. The maximum atomic E-state index is 12.6. The van der Waals surface area contributed by atoms with E-state index in [1.54, 1.807) is 6.07 Å². The zero-order valence-corrected chi connectivity index (χ0v) is 14.5. The molecule has 0 radical (unpaired) electrons. The lowest BCUT2D eigenvalue weighted by Crippen LogP contribution is -2.32. The second kappa shape index (κ2) is 6.73. The third kappa shape index (κ3) is 3.42. The molecule has 1 atom stereocenters. The van der Waals surface area contributed by atoms with Crippen LogP contribution in [0.5, 0.6) is 0 Å². The molecular weight excluding hydrogens is 326 g/mol. The van der Waals surface area contributed by atoms with E-state index >= 15 is 0 Å². The Balaban J connectivity index is 0.00000169. The number of piperidine rings is 1. The Morgan fingerprint density at radius 1 is 1.12 bits per heavy atom. The van der Waals surface area contributed by atoms with Crippen molar-refractivity contribution in [3.05, 3.63) is 29.8 Å². The molecule has 3 fully saturated rings. The molecule has 2 aliphatic carbocycles. The van der Waals surface area contributed by atoms with Gasteiger partial charge in [-0.25, -0.2) is 0 Å². The van der Waals surface area contributed by atoms with Gasteiger partial charge in [0.05, 0.1) is 11.3 Å². The summed E-state index contributed by atoms with van der Waals surface area (Å²) in [6.07, 6.45) is 5.25. The molecule has 1 aromatic rings. The van der Waals surface area contributed by atoms with E-state index in [1.807, 2.05) is 18.2 Å². The Morgan fingerprint density at radius 2 is 1.83 bits per heavy atom. The molecule has 1 heterocycles. The number of carbonyl (C=O) groups is 2. The van der Waals surface area contributed by atoms with Crippen molar-refractivity contribution in [2.24, 2.45) is 11.3 Å². The maximum Gasteiger partial charge on any atom is 0.253 e. The van der Waals surface area contributed by atoms with Crippen LogP contribution in [-0.4, -0.2) is 30.9 Å². The Morgan fingerprint density at radius 3 is 2.54 bits per heavy atom. The van der Waals surface area contributed by atoms with Crippen molar-refractivity contribution in [3.8, 4) is 0 Å². The van der Waals surface area contributed by atoms with Crippen LogP contribution in [0.2, 0.25) is 0 Å². The Bertz CT molecular complexity index is 639. The van der Waals surface area contributed by atoms with Crippen LogP contribution < -0.4 is 16.0 Å². The number of hydrogen-bond acceptors (Lipinski definition) is 3. The summed E-state index contributed by atoms with van der Waals surface area (Å²) < 4.78 is 0. The molecule has 130 valence electrons. The third-order valence-electron chi connectivity index (χ3n) is 5.45. The fraction of sp³-hybridized carbons (Fsp3) is 0.556. The number of carbonyl (C=O) groups excluding carboxylic acids is 2. The van der Waals surface area contributed by atoms with E-state index in [9.17, 15) is 9.59 Å². The smallest absolute Gasteiger partial charge is 0.253 e. The predicted molar refractivity (Wildman–Crippen MR) is 95.5 cm³/mol. The van der Waals surface area contributed by atoms with E-state index in [4.69, 9.17) is 0 Å². The second-order valence-electron chi connectivity index (χ2n) is 7.15. The normalized spacial score (nSPS) is 23.9. The van der Waals surface area contributed by atoms with Crippen molar-refractivity contribution < 1.29 is 9.59 Å². The van der Waals surface area contributed by atoms with Crippen LogP contribution in [0.3, 0.4) is 0 Å². The number of nitrogens with one attached hydrogen (secondary N) is 3. The maximum absolute atomic E-state index is 12.6. The fourth-order valence-corrected chi connectivity index (χ4v) is 3.70. The van der Waals surface area contributed by atoms with Gasteiger partial charge in [0, 0.05) is 12.0 Å². The van der Waals surface area contributed by atoms with E-state index < -0.39 is 0 Å². The zero-order valence-electron chi connectivity index (χ0n) is 13.6. The topological polar surface area (TPSA) is 70.2 Å². The molecule has 2 saturated carbocycles. The standard InChI is InChI=1S/C18H23N3O2.ClH/c22-16(20-12-5-6-12)13-3-1-2-4-15(13)21-17(23)14-11-18(14)7-9-19-10-8-18;/h1-4,12,14,19H,5-11H2,(H,20,22)(H,21,23);1H. The summed E-state index contributed by atoms with van der Waals surface area (Å²) in [7, 11) is 0. The van der Waals surface area contributed by atoms with Crippen LogP contribution in [0.15, 0.2) is 24.3 Å². The quantitative estimate of drug-likeness (QED) is 0.781. The number of para-hydroxylation sites is 1. The summed E-state index contributed by atoms with van der Waals surface area (Å²) in [6.45, 7) is 2.01. The highest BCUT2D eigenvalue weighted by atomic mass is 35.5. The molecule has 1 spiro atoms. The van der Waals surface area contributed by atoms with Crippen LogP contribution in [0, 0.1) is 11.3 Å². The summed E-state index contributed by atoms with van der Waals surface area (Å²) in [5.74, 6) is 0.0819. The first-order valence-corrected chi connectivity index (χ1v) is 8.59. The number of benzene rings is 1. The summed E-state index contributed by atoms with van der Waals surface area (Å²) >= 11 is 0. The average molecular weight is 350 g/mol. The molecule has 0 aromatic heterocycles. The number of hydrogen-bond donors (Lipinski definition) is 3. The van der Waals surface area contributed by atoms with Crippen LogP contribution in [0.1, 0.15) is 42.5 Å².